The molecular formula is C21H20N2O2S. The molecule has 0 saturated carbocycles. The second kappa shape index (κ2) is 8.06. The summed E-state index contributed by atoms with van der Waals surface area (Å²) in [6, 6.07) is 13.7. The SMILES string of the molecule is C=CCOc1ccc(C=C2SC(=Nc3cc(C)ccc3C)NC2=O)cc1. The summed E-state index contributed by atoms with van der Waals surface area (Å²) in [6.07, 6.45) is 3.55. The fraction of sp³-hybridized carbons (Fsp3) is 0.143. The van der Waals surface area contributed by atoms with Gasteiger partial charge in [0.15, 0.2) is 5.17 Å². The monoisotopic (exact) mass is 364 g/mol. The molecular weight excluding hydrogens is 344 g/mol. The molecule has 0 aliphatic carbocycles. The highest BCUT2D eigenvalue weighted by Crippen LogP contribution is 2.29. The third-order valence-electron chi connectivity index (χ3n) is 3.78. The zero-order chi connectivity index (χ0) is 18.5. The maximum Gasteiger partial charge on any atom is 0.264 e. The summed E-state index contributed by atoms with van der Waals surface area (Å²) in [5, 5.41) is 3.43. The predicted octanol–water partition coefficient (Wildman–Crippen LogP) is 4.76. The summed E-state index contributed by atoms with van der Waals surface area (Å²) in [4.78, 5) is 17.4. The molecule has 1 amide bonds. The van der Waals surface area contributed by atoms with Crippen LogP contribution in [0, 0.1) is 13.8 Å². The lowest BCUT2D eigenvalue weighted by Crippen LogP contribution is -2.19. The van der Waals surface area contributed by atoms with Crippen LogP contribution >= 0.6 is 11.8 Å². The summed E-state index contributed by atoms with van der Waals surface area (Å²) in [5.74, 6) is 0.638. The van der Waals surface area contributed by atoms with Crippen LogP contribution in [0.4, 0.5) is 5.69 Å². The van der Waals surface area contributed by atoms with Crippen LogP contribution in [-0.2, 0) is 4.79 Å². The van der Waals surface area contributed by atoms with Crippen molar-refractivity contribution in [2.75, 3.05) is 6.61 Å². The quantitative estimate of drug-likeness (QED) is 0.615. The first kappa shape index (κ1) is 18.0. The Bertz CT molecular complexity index is 899. The van der Waals surface area contributed by atoms with E-state index in [-0.39, 0.29) is 5.91 Å². The summed E-state index contributed by atoms with van der Waals surface area (Å²) in [6.45, 7) is 8.13. The third-order valence-corrected chi connectivity index (χ3v) is 4.69. The molecule has 0 bridgehead atoms. The van der Waals surface area contributed by atoms with Crippen LogP contribution in [0.15, 0.2) is 65.0 Å². The third kappa shape index (κ3) is 4.43. The highest BCUT2D eigenvalue weighted by atomic mass is 32.2. The number of thioether (sulfide) groups is 1. The van der Waals surface area contributed by atoms with Crippen molar-refractivity contribution >= 4 is 34.6 Å². The van der Waals surface area contributed by atoms with Crippen molar-refractivity contribution in [1.82, 2.24) is 5.32 Å². The second-order valence-electron chi connectivity index (χ2n) is 5.94. The molecule has 0 aromatic heterocycles. The number of amidine groups is 1. The fourth-order valence-corrected chi connectivity index (χ4v) is 3.23. The van der Waals surface area contributed by atoms with E-state index in [2.05, 4.69) is 16.9 Å². The molecule has 26 heavy (non-hydrogen) atoms. The first-order chi connectivity index (χ1) is 12.5. The molecule has 2 aromatic carbocycles. The van der Waals surface area contributed by atoms with Crippen molar-refractivity contribution in [3.05, 3.63) is 76.7 Å². The smallest absolute Gasteiger partial charge is 0.264 e. The number of aliphatic imine (C=N–C) groups is 1. The van der Waals surface area contributed by atoms with Crippen molar-refractivity contribution in [1.29, 1.82) is 0 Å². The minimum absolute atomic E-state index is 0.133. The van der Waals surface area contributed by atoms with E-state index < -0.39 is 0 Å². The molecule has 0 atom stereocenters. The van der Waals surface area contributed by atoms with Crippen molar-refractivity contribution < 1.29 is 9.53 Å². The molecule has 0 spiro atoms. The summed E-state index contributed by atoms with van der Waals surface area (Å²) in [7, 11) is 0. The molecule has 132 valence electrons. The van der Waals surface area contributed by atoms with E-state index in [1.54, 1.807) is 6.08 Å². The number of aryl methyl sites for hydroxylation is 2. The van der Waals surface area contributed by atoms with E-state index in [9.17, 15) is 4.79 Å². The van der Waals surface area contributed by atoms with E-state index in [0.29, 0.717) is 16.7 Å². The molecule has 1 aliphatic heterocycles. The molecule has 3 rings (SSSR count). The van der Waals surface area contributed by atoms with E-state index in [1.807, 2.05) is 62.4 Å². The van der Waals surface area contributed by atoms with Gasteiger partial charge in [0.25, 0.3) is 5.91 Å². The van der Waals surface area contributed by atoms with Crippen molar-refractivity contribution in [3.8, 4) is 5.75 Å². The molecule has 2 aromatic rings. The maximum atomic E-state index is 12.2. The topological polar surface area (TPSA) is 50.7 Å². The lowest BCUT2D eigenvalue weighted by atomic mass is 10.1. The number of carbonyl (C=O) groups excluding carboxylic acids is 1. The maximum absolute atomic E-state index is 12.2. The van der Waals surface area contributed by atoms with Gasteiger partial charge in [-0.05, 0) is 66.6 Å². The van der Waals surface area contributed by atoms with Gasteiger partial charge in [-0.25, -0.2) is 4.99 Å². The fourth-order valence-electron chi connectivity index (χ4n) is 2.40. The molecule has 1 saturated heterocycles. The summed E-state index contributed by atoms with van der Waals surface area (Å²) >= 11 is 1.35. The molecule has 1 N–H and O–H groups in total. The standard InChI is InChI=1S/C21H20N2O2S/c1-4-11-25-17-9-7-16(8-10-17)13-19-20(24)23-21(26-19)22-18-12-14(2)5-6-15(18)3/h4-10,12-13H,1,11H2,2-3H3,(H,22,23,24). The Morgan fingerprint density at radius 2 is 1.96 bits per heavy atom. The van der Waals surface area contributed by atoms with Gasteiger partial charge in [0.05, 0.1) is 10.6 Å². The van der Waals surface area contributed by atoms with Gasteiger partial charge in [-0.15, -0.1) is 0 Å². The van der Waals surface area contributed by atoms with Gasteiger partial charge in [-0.3, -0.25) is 4.79 Å². The molecule has 0 unspecified atom stereocenters. The Morgan fingerprint density at radius 3 is 2.69 bits per heavy atom. The number of rotatable bonds is 5. The largest absolute Gasteiger partial charge is 0.490 e. The highest BCUT2D eigenvalue weighted by Gasteiger charge is 2.23. The summed E-state index contributed by atoms with van der Waals surface area (Å²) in [5.41, 5.74) is 4.02. The number of ether oxygens (including phenoxy) is 1. The number of nitrogens with one attached hydrogen (secondary N) is 1. The van der Waals surface area contributed by atoms with Crippen LogP contribution in [0.5, 0.6) is 5.75 Å². The van der Waals surface area contributed by atoms with Crippen LogP contribution in [0.25, 0.3) is 6.08 Å². The minimum atomic E-state index is -0.133. The lowest BCUT2D eigenvalue weighted by molar-refractivity contribution is -0.115. The van der Waals surface area contributed by atoms with Gasteiger partial charge in [0, 0.05) is 0 Å². The predicted molar refractivity (Wildman–Crippen MR) is 109 cm³/mol. The first-order valence-electron chi connectivity index (χ1n) is 8.26. The Labute approximate surface area is 157 Å². The van der Waals surface area contributed by atoms with Crippen molar-refractivity contribution in [2.45, 2.75) is 13.8 Å². The number of nitrogens with zero attached hydrogens (tertiary/aromatic N) is 1. The number of carbonyl (C=O) groups is 1. The number of benzene rings is 2. The zero-order valence-corrected chi connectivity index (χ0v) is 15.6. The lowest BCUT2D eigenvalue weighted by Gasteiger charge is -2.03. The van der Waals surface area contributed by atoms with Crippen LogP contribution in [0.2, 0.25) is 0 Å². The molecule has 5 heteroatoms. The van der Waals surface area contributed by atoms with Crippen LogP contribution in [0.1, 0.15) is 16.7 Å². The average molecular weight is 364 g/mol. The molecule has 4 nitrogen and oxygen atoms in total. The van der Waals surface area contributed by atoms with Gasteiger partial charge in [0.1, 0.15) is 12.4 Å². The Kier molecular flexibility index (Phi) is 5.58. The first-order valence-corrected chi connectivity index (χ1v) is 9.07. The van der Waals surface area contributed by atoms with Crippen molar-refractivity contribution in [2.24, 2.45) is 4.99 Å². The second-order valence-corrected chi connectivity index (χ2v) is 6.97. The highest BCUT2D eigenvalue weighted by molar-refractivity contribution is 8.18. The van der Waals surface area contributed by atoms with Gasteiger partial charge in [0.2, 0.25) is 0 Å². The minimum Gasteiger partial charge on any atom is -0.490 e. The van der Waals surface area contributed by atoms with E-state index in [0.717, 1.165) is 28.1 Å². The van der Waals surface area contributed by atoms with E-state index in [4.69, 9.17) is 4.74 Å². The molecule has 0 radical (unpaired) electrons. The van der Waals surface area contributed by atoms with Crippen molar-refractivity contribution in [3.63, 3.8) is 0 Å². The summed E-state index contributed by atoms with van der Waals surface area (Å²) < 4.78 is 5.46. The van der Waals surface area contributed by atoms with E-state index >= 15 is 0 Å². The number of hydrogen-bond acceptors (Lipinski definition) is 4. The Morgan fingerprint density at radius 1 is 1.19 bits per heavy atom. The van der Waals surface area contributed by atoms with Crippen LogP contribution in [0.3, 0.4) is 0 Å². The van der Waals surface area contributed by atoms with Crippen LogP contribution < -0.4 is 10.1 Å². The normalized spacial score (nSPS) is 16.8. The Hall–Kier alpha value is -2.79. The molecule has 1 aliphatic rings. The molecule has 1 fully saturated rings. The average Bonchev–Trinajstić information content (AvgIpc) is 2.96. The zero-order valence-electron chi connectivity index (χ0n) is 14.8. The van der Waals surface area contributed by atoms with Gasteiger partial charge in [-0.2, -0.15) is 0 Å². The number of amides is 1. The number of hydrogen-bond donors (Lipinski definition) is 1. The van der Waals surface area contributed by atoms with Gasteiger partial charge in [-0.1, -0.05) is 36.9 Å². The van der Waals surface area contributed by atoms with Gasteiger partial charge >= 0.3 is 0 Å². The molecule has 1 heterocycles. The van der Waals surface area contributed by atoms with Gasteiger partial charge < -0.3 is 10.1 Å². The van der Waals surface area contributed by atoms with Crippen LogP contribution in [-0.4, -0.2) is 17.7 Å². The van der Waals surface area contributed by atoms with E-state index in [1.165, 1.54) is 11.8 Å². The Balaban J connectivity index is 1.77.